The normalized spacial score (nSPS) is 11.0. The Labute approximate surface area is 172 Å². The molecule has 0 aliphatic carbocycles. The Morgan fingerprint density at radius 1 is 1.07 bits per heavy atom. The summed E-state index contributed by atoms with van der Waals surface area (Å²) in [4.78, 5) is 22.0. The highest BCUT2D eigenvalue weighted by molar-refractivity contribution is 7.20. The molecule has 3 heterocycles. The van der Waals surface area contributed by atoms with E-state index in [-0.39, 0.29) is 5.91 Å². The van der Waals surface area contributed by atoms with Crippen molar-refractivity contribution in [2.24, 2.45) is 0 Å². The number of anilines is 1. The number of aromatic nitrogens is 4. The van der Waals surface area contributed by atoms with Crippen molar-refractivity contribution in [1.82, 2.24) is 25.1 Å². The predicted molar refractivity (Wildman–Crippen MR) is 116 cm³/mol. The fraction of sp³-hybridized carbons (Fsp3) is 0.238. The molecule has 0 radical (unpaired) electrons. The molecule has 3 aromatic heterocycles. The van der Waals surface area contributed by atoms with Crippen LogP contribution in [0.4, 0.5) is 5.82 Å². The molecule has 1 amide bonds. The van der Waals surface area contributed by atoms with E-state index in [1.54, 1.807) is 4.68 Å². The van der Waals surface area contributed by atoms with Crippen LogP contribution < -0.4 is 10.6 Å². The Balaban J connectivity index is 1.37. The number of rotatable bonds is 6. The average Bonchev–Trinajstić information content (AvgIpc) is 3.27. The van der Waals surface area contributed by atoms with Crippen LogP contribution in [-0.4, -0.2) is 38.7 Å². The lowest BCUT2D eigenvalue weighted by molar-refractivity contribution is 0.0959. The lowest BCUT2D eigenvalue weighted by Crippen LogP contribution is -2.28. The highest BCUT2D eigenvalue weighted by atomic mass is 32.1. The molecule has 0 saturated carbocycles. The van der Waals surface area contributed by atoms with Gasteiger partial charge in [-0.05, 0) is 44.4 Å². The number of carbonyl (C=O) groups is 1. The first-order valence-corrected chi connectivity index (χ1v) is 10.2. The number of aryl methyl sites for hydroxylation is 3. The number of benzene rings is 1. The molecule has 1 aromatic carbocycles. The highest BCUT2D eigenvalue weighted by Gasteiger charge is 2.10. The minimum Gasteiger partial charge on any atom is -0.368 e. The Bertz CT molecular complexity index is 1150. The number of thiophene rings is 1. The largest absolute Gasteiger partial charge is 0.368 e. The third-order valence-electron chi connectivity index (χ3n) is 4.42. The van der Waals surface area contributed by atoms with Crippen LogP contribution in [0.5, 0.6) is 0 Å². The second-order valence-electron chi connectivity index (χ2n) is 6.83. The summed E-state index contributed by atoms with van der Waals surface area (Å²) in [5.74, 6) is 2.03. The van der Waals surface area contributed by atoms with Gasteiger partial charge in [-0.25, -0.2) is 14.6 Å². The van der Waals surface area contributed by atoms with Crippen molar-refractivity contribution in [3.8, 4) is 5.82 Å². The van der Waals surface area contributed by atoms with Crippen molar-refractivity contribution in [3.05, 3.63) is 64.6 Å². The first kappa shape index (κ1) is 19.1. The van der Waals surface area contributed by atoms with Gasteiger partial charge in [0.1, 0.15) is 11.6 Å². The maximum absolute atomic E-state index is 12.4. The standard InChI is InChI=1S/C21H22N6OS/c1-13-10-14(2)27(26-13)20-12-19(24-15(3)25-20)22-8-9-23-21(28)18-11-16-6-4-5-7-17(16)29-18/h4-7,10-12H,8-9H2,1-3H3,(H,23,28)(H,22,24,25). The molecular weight excluding hydrogens is 384 g/mol. The summed E-state index contributed by atoms with van der Waals surface area (Å²) in [5, 5.41) is 11.8. The van der Waals surface area contributed by atoms with Gasteiger partial charge in [-0.15, -0.1) is 11.3 Å². The molecule has 2 N–H and O–H groups in total. The summed E-state index contributed by atoms with van der Waals surface area (Å²) in [6.45, 7) is 6.85. The van der Waals surface area contributed by atoms with Gasteiger partial charge in [-0.2, -0.15) is 5.10 Å². The molecule has 8 heteroatoms. The van der Waals surface area contributed by atoms with Crippen molar-refractivity contribution in [3.63, 3.8) is 0 Å². The van der Waals surface area contributed by atoms with Gasteiger partial charge in [-0.3, -0.25) is 4.79 Å². The molecule has 0 bridgehead atoms. The Morgan fingerprint density at radius 3 is 2.66 bits per heavy atom. The van der Waals surface area contributed by atoms with E-state index < -0.39 is 0 Å². The minimum absolute atomic E-state index is 0.0600. The van der Waals surface area contributed by atoms with E-state index in [4.69, 9.17) is 0 Å². The number of nitrogens with zero attached hydrogens (tertiary/aromatic N) is 4. The Morgan fingerprint density at radius 2 is 1.90 bits per heavy atom. The molecule has 0 unspecified atom stereocenters. The lowest BCUT2D eigenvalue weighted by Gasteiger charge is -2.10. The van der Waals surface area contributed by atoms with E-state index in [1.165, 1.54) is 11.3 Å². The quantitative estimate of drug-likeness (QED) is 0.478. The summed E-state index contributed by atoms with van der Waals surface area (Å²) >= 11 is 1.50. The molecule has 7 nitrogen and oxygen atoms in total. The van der Waals surface area contributed by atoms with Crippen LogP contribution in [0.1, 0.15) is 26.9 Å². The molecule has 0 aliphatic rings. The number of hydrogen-bond donors (Lipinski definition) is 2. The fourth-order valence-electron chi connectivity index (χ4n) is 3.16. The predicted octanol–water partition coefficient (Wildman–Crippen LogP) is 3.64. The smallest absolute Gasteiger partial charge is 0.261 e. The van der Waals surface area contributed by atoms with Crippen LogP contribution in [0.2, 0.25) is 0 Å². The van der Waals surface area contributed by atoms with Gasteiger partial charge in [0.2, 0.25) is 0 Å². The van der Waals surface area contributed by atoms with E-state index in [1.807, 2.05) is 63.2 Å². The maximum Gasteiger partial charge on any atom is 0.261 e. The highest BCUT2D eigenvalue weighted by Crippen LogP contribution is 2.25. The van der Waals surface area contributed by atoms with Gasteiger partial charge in [0.25, 0.3) is 5.91 Å². The zero-order valence-corrected chi connectivity index (χ0v) is 17.4. The lowest BCUT2D eigenvalue weighted by atomic mass is 10.2. The van der Waals surface area contributed by atoms with E-state index >= 15 is 0 Å². The van der Waals surface area contributed by atoms with E-state index in [9.17, 15) is 4.79 Å². The molecule has 0 fully saturated rings. The van der Waals surface area contributed by atoms with Crippen LogP contribution in [-0.2, 0) is 0 Å². The zero-order chi connectivity index (χ0) is 20.4. The van der Waals surface area contributed by atoms with Crippen LogP contribution >= 0.6 is 11.3 Å². The summed E-state index contributed by atoms with van der Waals surface area (Å²) in [6.07, 6.45) is 0. The molecule has 0 saturated heterocycles. The summed E-state index contributed by atoms with van der Waals surface area (Å²) < 4.78 is 2.92. The molecule has 148 valence electrons. The number of carbonyl (C=O) groups excluding carboxylic acids is 1. The summed E-state index contributed by atoms with van der Waals surface area (Å²) in [5.41, 5.74) is 1.96. The van der Waals surface area contributed by atoms with Crippen molar-refractivity contribution >= 4 is 33.1 Å². The Hall–Kier alpha value is -3.26. The van der Waals surface area contributed by atoms with Crippen LogP contribution in [0.25, 0.3) is 15.9 Å². The van der Waals surface area contributed by atoms with Gasteiger partial charge in [0, 0.05) is 29.5 Å². The second kappa shape index (κ2) is 8.00. The average molecular weight is 407 g/mol. The Kier molecular flexibility index (Phi) is 5.26. The third-order valence-corrected chi connectivity index (χ3v) is 5.53. The number of amides is 1. The van der Waals surface area contributed by atoms with Crippen molar-refractivity contribution in [2.75, 3.05) is 18.4 Å². The number of fused-ring (bicyclic) bond motifs is 1. The van der Waals surface area contributed by atoms with Crippen LogP contribution in [0.3, 0.4) is 0 Å². The maximum atomic E-state index is 12.4. The molecule has 0 aliphatic heterocycles. The summed E-state index contributed by atoms with van der Waals surface area (Å²) in [7, 11) is 0. The minimum atomic E-state index is -0.0600. The molecule has 0 atom stereocenters. The van der Waals surface area contributed by atoms with Crippen LogP contribution in [0, 0.1) is 20.8 Å². The number of nitrogens with one attached hydrogen (secondary N) is 2. The van der Waals surface area contributed by atoms with Crippen molar-refractivity contribution in [1.29, 1.82) is 0 Å². The van der Waals surface area contributed by atoms with E-state index in [0.717, 1.165) is 32.2 Å². The van der Waals surface area contributed by atoms with Crippen molar-refractivity contribution < 1.29 is 4.79 Å². The SMILES string of the molecule is Cc1cc(C)n(-c2cc(NCCNC(=O)c3cc4ccccc4s3)nc(C)n2)n1. The molecule has 29 heavy (non-hydrogen) atoms. The van der Waals surface area contributed by atoms with E-state index in [2.05, 4.69) is 25.7 Å². The monoisotopic (exact) mass is 406 g/mol. The third kappa shape index (κ3) is 4.27. The first-order chi connectivity index (χ1) is 14.0. The van der Waals surface area contributed by atoms with Crippen molar-refractivity contribution in [2.45, 2.75) is 20.8 Å². The van der Waals surface area contributed by atoms with Gasteiger partial charge in [0.15, 0.2) is 5.82 Å². The van der Waals surface area contributed by atoms with Crippen LogP contribution in [0.15, 0.2) is 42.5 Å². The zero-order valence-electron chi connectivity index (χ0n) is 16.6. The fourth-order valence-corrected chi connectivity index (χ4v) is 4.14. The topological polar surface area (TPSA) is 84.7 Å². The molecule has 4 rings (SSSR count). The second-order valence-corrected chi connectivity index (χ2v) is 7.91. The molecule has 0 spiro atoms. The number of hydrogen-bond acceptors (Lipinski definition) is 6. The molecular formula is C21H22N6OS. The van der Waals surface area contributed by atoms with Gasteiger partial charge in [-0.1, -0.05) is 18.2 Å². The van der Waals surface area contributed by atoms with E-state index in [0.29, 0.717) is 24.7 Å². The summed E-state index contributed by atoms with van der Waals surface area (Å²) in [6, 6.07) is 13.8. The van der Waals surface area contributed by atoms with Gasteiger partial charge < -0.3 is 10.6 Å². The van der Waals surface area contributed by atoms with Gasteiger partial charge in [0.05, 0.1) is 10.6 Å². The molecule has 4 aromatic rings. The first-order valence-electron chi connectivity index (χ1n) is 9.39. The van der Waals surface area contributed by atoms with Gasteiger partial charge >= 0.3 is 0 Å².